The molecular weight excluding hydrogens is 500 g/mol. The van der Waals surface area contributed by atoms with Gasteiger partial charge in [-0.15, -0.1) is 0 Å². The molecule has 0 heterocycles. The summed E-state index contributed by atoms with van der Waals surface area (Å²) >= 11 is 0. The summed E-state index contributed by atoms with van der Waals surface area (Å²) in [6, 6.07) is 2.62. The van der Waals surface area contributed by atoms with E-state index in [-0.39, 0.29) is 30.2 Å². The molecule has 218 valence electrons. The summed E-state index contributed by atoms with van der Waals surface area (Å²) in [6.45, 7) is 12.1. The van der Waals surface area contributed by atoms with Gasteiger partial charge in [-0.3, -0.25) is 14.4 Å². The standard InChI is InChI=1S/C29H46N4O6/c1-18-12-11-15-20(24(18)35)23(25(36)31-19-13-9-8-10-14-19)33(28(2,3)4)26(37)21(16-17-22(30)34)32-27(38)39-29(5,6)7/h11-12,15,19,21,23,35H,8-10,13-14,16-17H2,1-7H3,(H2,30,34)(H,31,36)(H,32,38). The second-order valence-corrected chi connectivity index (χ2v) is 12.3. The maximum absolute atomic E-state index is 14.3. The van der Waals surface area contributed by atoms with Gasteiger partial charge in [0, 0.05) is 23.6 Å². The van der Waals surface area contributed by atoms with E-state index in [1.165, 1.54) is 4.90 Å². The number of ether oxygens (including phenoxy) is 1. The Morgan fingerprint density at radius 1 is 1.08 bits per heavy atom. The van der Waals surface area contributed by atoms with Gasteiger partial charge in [-0.25, -0.2) is 4.79 Å². The summed E-state index contributed by atoms with van der Waals surface area (Å²) < 4.78 is 5.36. The molecule has 1 aliphatic carbocycles. The molecule has 0 radical (unpaired) electrons. The van der Waals surface area contributed by atoms with Gasteiger partial charge in [0.05, 0.1) is 0 Å². The van der Waals surface area contributed by atoms with Crippen LogP contribution in [0.15, 0.2) is 18.2 Å². The van der Waals surface area contributed by atoms with Crippen LogP contribution >= 0.6 is 0 Å². The summed E-state index contributed by atoms with van der Waals surface area (Å²) in [5.41, 5.74) is 4.46. The van der Waals surface area contributed by atoms with Crippen LogP contribution in [-0.4, -0.2) is 57.0 Å². The first-order valence-electron chi connectivity index (χ1n) is 13.7. The fraction of sp³-hybridized carbons (Fsp3) is 0.655. The Balaban J connectivity index is 2.58. The second kappa shape index (κ2) is 13.2. The number of phenolic OH excluding ortho intramolecular Hbond substituents is 1. The lowest BCUT2D eigenvalue weighted by Crippen LogP contribution is -2.59. The van der Waals surface area contributed by atoms with Gasteiger partial charge in [0.2, 0.25) is 17.7 Å². The first-order valence-corrected chi connectivity index (χ1v) is 13.7. The number of rotatable bonds is 9. The van der Waals surface area contributed by atoms with Gasteiger partial charge in [-0.2, -0.15) is 0 Å². The molecule has 0 bridgehead atoms. The van der Waals surface area contributed by atoms with Gasteiger partial charge in [0.25, 0.3) is 0 Å². The average Bonchev–Trinajstić information content (AvgIpc) is 2.80. The van der Waals surface area contributed by atoms with Gasteiger partial charge in [0.1, 0.15) is 23.4 Å². The number of nitrogens with one attached hydrogen (secondary N) is 2. The number of carbonyl (C=O) groups is 4. The molecule has 10 nitrogen and oxygen atoms in total. The number of aryl methyl sites for hydroxylation is 1. The van der Waals surface area contributed by atoms with Crippen molar-refractivity contribution in [3.63, 3.8) is 0 Å². The van der Waals surface area contributed by atoms with E-state index in [1.807, 2.05) is 0 Å². The normalized spacial score (nSPS) is 16.1. The summed E-state index contributed by atoms with van der Waals surface area (Å²) in [7, 11) is 0. The number of nitrogens with two attached hydrogens (primary N) is 1. The van der Waals surface area contributed by atoms with E-state index < -0.39 is 47.0 Å². The van der Waals surface area contributed by atoms with E-state index in [0.29, 0.717) is 5.56 Å². The summed E-state index contributed by atoms with van der Waals surface area (Å²) in [5.74, 6) is -1.74. The maximum atomic E-state index is 14.3. The smallest absolute Gasteiger partial charge is 0.408 e. The van der Waals surface area contributed by atoms with Gasteiger partial charge in [-0.05, 0) is 73.3 Å². The lowest BCUT2D eigenvalue weighted by atomic mass is 9.91. The quantitative estimate of drug-likeness (QED) is 0.368. The summed E-state index contributed by atoms with van der Waals surface area (Å²) in [6.07, 6.45) is 3.70. The van der Waals surface area contributed by atoms with Crippen molar-refractivity contribution >= 4 is 23.8 Å². The zero-order valence-corrected chi connectivity index (χ0v) is 24.4. The second-order valence-electron chi connectivity index (χ2n) is 12.3. The molecule has 5 N–H and O–H groups in total. The van der Waals surface area contributed by atoms with E-state index in [4.69, 9.17) is 10.5 Å². The Labute approximate surface area is 232 Å². The van der Waals surface area contributed by atoms with E-state index >= 15 is 0 Å². The number of amides is 4. The molecule has 39 heavy (non-hydrogen) atoms. The Kier molecular flexibility index (Phi) is 10.8. The van der Waals surface area contributed by atoms with Crippen molar-refractivity contribution in [3.8, 4) is 5.75 Å². The maximum Gasteiger partial charge on any atom is 0.408 e. The number of alkyl carbamates (subject to hydrolysis) is 1. The van der Waals surface area contributed by atoms with Crippen molar-refractivity contribution < 1.29 is 29.0 Å². The molecule has 0 saturated heterocycles. The number of benzene rings is 1. The number of carbonyl (C=O) groups excluding carboxylic acids is 4. The van der Waals surface area contributed by atoms with Crippen molar-refractivity contribution in [2.75, 3.05) is 0 Å². The first-order chi connectivity index (χ1) is 18.0. The summed E-state index contributed by atoms with van der Waals surface area (Å²) in [4.78, 5) is 53.9. The Bertz CT molecular complexity index is 1040. The molecule has 1 saturated carbocycles. The Hall–Kier alpha value is -3.30. The minimum absolute atomic E-state index is 0.0387. The van der Waals surface area contributed by atoms with Crippen molar-refractivity contribution in [1.82, 2.24) is 15.5 Å². The zero-order valence-electron chi connectivity index (χ0n) is 24.4. The van der Waals surface area contributed by atoms with Crippen LogP contribution in [0.1, 0.15) is 104 Å². The van der Waals surface area contributed by atoms with Crippen molar-refractivity contribution in [2.45, 2.75) is 123 Å². The molecule has 0 aromatic heterocycles. The van der Waals surface area contributed by atoms with Crippen LogP contribution in [0.2, 0.25) is 0 Å². The topological polar surface area (TPSA) is 151 Å². The number of primary amides is 1. The van der Waals surface area contributed by atoms with Crippen molar-refractivity contribution in [2.24, 2.45) is 5.73 Å². The summed E-state index contributed by atoms with van der Waals surface area (Å²) in [5, 5.41) is 16.7. The first kappa shape index (κ1) is 31.9. The van der Waals surface area contributed by atoms with Crippen LogP contribution in [-0.2, 0) is 19.1 Å². The third kappa shape index (κ3) is 9.44. The fourth-order valence-electron chi connectivity index (χ4n) is 4.83. The number of aromatic hydroxyl groups is 1. The number of nitrogens with zero attached hydrogens (tertiary/aromatic N) is 1. The Morgan fingerprint density at radius 3 is 2.23 bits per heavy atom. The van der Waals surface area contributed by atoms with Crippen LogP contribution in [0.25, 0.3) is 0 Å². The van der Waals surface area contributed by atoms with E-state index in [1.54, 1.807) is 66.7 Å². The van der Waals surface area contributed by atoms with Gasteiger partial charge < -0.3 is 31.1 Å². The highest BCUT2D eigenvalue weighted by molar-refractivity contribution is 5.93. The lowest BCUT2D eigenvalue weighted by molar-refractivity contribution is -0.149. The lowest BCUT2D eigenvalue weighted by Gasteiger charge is -2.43. The molecule has 1 aromatic carbocycles. The highest BCUT2D eigenvalue weighted by Gasteiger charge is 2.43. The number of hydrogen-bond donors (Lipinski definition) is 4. The minimum atomic E-state index is -1.21. The van der Waals surface area contributed by atoms with Gasteiger partial charge in [-0.1, -0.05) is 37.5 Å². The zero-order chi connectivity index (χ0) is 29.5. The van der Waals surface area contributed by atoms with Crippen LogP contribution < -0.4 is 16.4 Å². The molecule has 1 fully saturated rings. The predicted molar refractivity (Wildman–Crippen MR) is 149 cm³/mol. The third-order valence-electron chi connectivity index (χ3n) is 6.65. The van der Waals surface area contributed by atoms with Crippen LogP contribution in [0.4, 0.5) is 4.79 Å². The molecule has 2 unspecified atom stereocenters. The molecule has 0 aliphatic heterocycles. The average molecular weight is 547 g/mol. The highest BCUT2D eigenvalue weighted by atomic mass is 16.6. The minimum Gasteiger partial charge on any atom is -0.507 e. The third-order valence-corrected chi connectivity index (χ3v) is 6.65. The molecule has 10 heteroatoms. The number of phenols is 1. The molecule has 1 aliphatic rings. The Morgan fingerprint density at radius 2 is 1.69 bits per heavy atom. The number of para-hydroxylation sites is 1. The van der Waals surface area contributed by atoms with Gasteiger partial charge >= 0.3 is 6.09 Å². The van der Waals surface area contributed by atoms with E-state index in [2.05, 4.69) is 10.6 Å². The van der Waals surface area contributed by atoms with Crippen molar-refractivity contribution in [1.29, 1.82) is 0 Å². The molecule has 1 aromatic rings. The van der Waals surface area contributed by atoms with E-state index in [9.17, 15) is 24.3 Å². The highest BCUT2D eigenvalue weighted by Crippen LogP contribution is 2.36. The molecule has 4 amide bonds. The van der Waals surface area contributed by atoms with Gasteiger partial charge in [0.15, 0.2) is 0 Å². The number of hydrogen-bond acceptors (Lipinski definition) is 6. The van der Waals surface area contributed by atoms with Crippen molar-refractivity contribution in [3.05, 3.63) is 29.3 Å². The molecule has 2 atom stereocenters. The van der Waals surface area contributed by atoms with Crippen LogP contribution in [0, 0.1) is 6.92 Å². The largest absolute Gasteiger partial charge is 0.507 e. The fourth-order valence-corrected chi connectivity index (χ4v) is 4.83. The SMILES string of the molecule is Cc1cccc(C(C(=O)NC2CCCCC2)N(C(=O)C(CCC(N)=O)NC(=O)OC(C)(C)C)C(C)(C)C)c1O. The van der Waals surface area contributed by atoms with Crippen LogP contribution in [0.5, 0.6) is 5.75 Å². The molecule has 0 spiro atoms. The molecular formula is C29H46N4O6. The predicted octanol–water partition coefficient (Wildman–Crippen LogP) is 3.98. The molecule has 2 rings (SSSR count). The van der Waals surface area contributed by atoms with Crippen LogP contribution in [0.3, 0.4) is 0 Å². The van der Waals surface area contributed by atoms with E-state index in [0.717, 1.165) is 32.1 Å². The monoisotopic (exact) mass is 546 g/mol.